The summed E-state index contributed by atoms with van der Waals surface area (Å²) < 4.78 is 10.9. The highest BCUT2D eigenvalue weighted by Gasteiger charge is 2.15. The molecular formula is C12H20N2O2. The maximum atomic E-state index is 5.56. The van der Waals surface area contributed by atoms with E-state index in [1.807, 2.05) is 26.0 Å². The Balaban J connectivity index is 2.37. The van der Waals surface area contributed by atoms with Crippen LogP contribution >= 0.6 is 0 Å². The number of nitrogens with zero attached hydrogens (tertiary/aromatic N) is 1. The summed E-state index contributed by atoms with van der Waals surface area (Å²) in [4.78, 5) is 4.15. The minimum Gasteiger partial charge on any atom is -0.492 e. The Morgan fingerprint density at radius 2 is 2.12 bits per heavy atom. The fraction of sp³-hybridized carbons (Fsp3) is 0.583. The van der Waals surface area contributed by atoms with Crippen LogP contribution in [0.5, 0.6) is 5.75 Å². The molecule has 1 heterocycles. The molecule has 0 spiro atoms. The number of ether oxygens (including phenoxy) is 2. The van der Waals surface area contributed by atoms with E-state index in [1.54, 1.807) is 13.3 Å². The van der Waals surface area contributed by atoms with Gasteiger partial charge in [0.05, 0.1) is 24.1 Å². The van der Waals surface area contributed by atoms with Crippen molar-refractivity contribution < 1.29 is 9.47 Å². The third kappa shape index (κ3) is 4.16. The quantitative estimate of drug-likeness (QED) is 0.799. The number of methoxy groups -OCH3 is 1. The van der Waals surface area contributed by atoms with Crippen LogP contribution < -0.4 is 10.5 Å². The monoisotopic (exact) mass is 224 g/mol. The molecule has 0 aliphatic rings. The highest BCUT2D eigenvalue weighted by Crippen LogP contribution is 2.15. The summed E-state index contributed by atoms with van der Waals surface area (Å²) in [5, 5.41) is 0. The molecule has 4 heteroatoms. The fourth-order valence-electron chi connectivity index (χ4n) is 1.13. The number of hydrogen-bond donors (Lipinski definition) is 1. The first kappa shape index (κ1) is 12.9. The molecule has 0 aliphatic carbocycles. The van der Waals surface area contributed by atoms with E-state index in [-0.39, 0.29) is 5.60 Å². The number of aromatic nitrogens is 1. The van der Waals surface area contributed by atoms with Crippen molar-refractivity contribution in [2.75, 3.05) is 13.7 Å². The van der Waals surface area contributed by atoms with Crippen LogP contribution in [0.3, 0.4) is 0 Å². The van der Waals surface area contributed by atoms with Gasteiger partial charge in [0, 0.05) is 20.1 Å². The van der Waals surface area contributed by atoms with Crippen molar-refractivity contribution in [2.45, 2.75) is 32.4 Å². The summed E-state index contributed by atoms with van der Waals surface area (Å²) in [7, 11) is 1.71. The first-order valence-electron chi connectivity index (χ1n) is 5.40. The van der Waals surface area contributed by atoms with Gasteiger partial charge in [0.25, 0.3) is 0 Å². The molecule has 0 saturated carbocycles. The normalized spacial score (nSPS) is 11.5. The number of nitrogens with two attached hydrogens (primary N) is 1. The van der Waals surface area contributed by atoms with Crippen LogP contribution in [-0.2, 0) is 11.3 Å². The molecule has 1 aromatic rings. The zero-order chi connectivity index (χ0) is 12.0. The van der Waals surface area contributed by atoms with E-state index in [2.05, 4.69) is 4.98 Å². The highest BCUT2D eigenvalue weighted by atomic mass is 16.5. The Morgan fingerprint density at radius 1 is 1.38 bits per heavy atom. The number of rotatable bonds is 6. The molecule has 0 amide bonds. The molecule has 0 bridgehead atoms. The van der Waals surface area contributed by atoms with Crippen LogP contribution in [-0.4, -0.2) is 24.3 Å². The second-order valence-electron chi connectivity index (χ2n) is 4.25. The predicted octanol–water partition coefficient (Wildman–Crippen LogP) is 1.73. The molecule has 90 valence electrons. The van der Waals surface area contributed by atoms with Crippen LogP contribution in [0.1, 0.15) is 26.0 Å². The first-order valence-corrected chi connectivity index (χ1v) is 5.40. The second kappa shape index (κ2) is 5.82. The summed E-state index contributed by atoms with van der Waals surface area (Å²) in [6.07, 6.45) is 2.53. The van der Waals surface area contributed by atoms with E-state index in [1.165, 1.54) is 0 Å². The molecule has 1 aromatic heterocycles. The van der Waals surface area contributed by atoms with Crippen molar-refractivity contribution in [1.29, 1.82) is 0 Å². The molecule has 0 aromatic carbocycles. The molecule has 2 N–H and O–H groups in total. The average molecular weight is 224 g/mol. The third-order valence-corrected chi connectivity index (χ3v) is 2.53. The third-order valence-electron chi connectivity index (χ3n) is 2.53. The van der Waals surface area contributed by atoms with Gasteiger partial charge in [-0.15, -0.1) is 0 Å². The lowest BCUT2D eigenvalue weighted by Gasteiger charge is -2.22. The van der Waals surface area contributed by atoms with Gasteiger partial charge in [0.1, 0.15) is 5.75 Å². The molecule has 0 unspecified atom stereocenters. The highest BCUT2D eigenvalue weighted by molar-refractivity contribution is 5.19. The van der Waals surface area contributed by atoms with Gasteiger partial charge in [-0.3, -0.25) is 4.98 Å². The topological polar surface area (TPSA) is 57.4 Å². The van der Waals surface area contributed by atoms with Gasteiger partial charge in [0.2, 0.25) is 0 Å². The Hall–Kier alpha value is -1.13. The smallest absolute Gasteiger partial charge is 0.137 e. The Labute approximate surface area is 96.8 Å². The van der Waals surface area contributed by atoms with Crippen molar-refractivity contribution in [2.24, 2.45) is 5.73 Å². The summed E-state index contributed by atoms with van der Waals surface area (Å²) in [5.41, 5.74) is 6.17. The summed E-state index contributed by atoms with van der Waals surface area (Å²) in [6.45, 7) is 5.14. The lowest BCUT2D eigenvalue weighted by molar-refractivity contribution is 0.00542. The lowest BCUT2D eigenvalue weighted by atomic mass is 10.1. The molecule has 0 aliphatic heterocycles. The molecule has 0 atom stereocenters. The Kier molecular flexibility index (Phi) is 4.71. The molecule has 4 nitrogen and oxygen atoms in total. The van der Waals surface area contributed by atoms with E-state index >= 15 is 0 Å². The molecule has 16 heavy (non-hydrogen) atoms. The van der Waals surface area contributed by atoms with Crippen molar-refractivity contribution in [3.63, 3.8) is 0 Å². The van der Waals surface area contributed by atoms with Gasteiger partial charge in [-0.1, -0.05) is 0 Å². The van der Waals surface area contributed by atoms with E-state index in [0.717, 1.165) is 17.9 Å². The SMILES string of the molecule is COC(C)(C)CCOc1ccc(CN)nc1. The number of pyridine rings is 1. The van der Waals surface area contributed by atoms with Crippen LogP contribution in [0.15, 0.2) is 18.3 Å². The van der Waals surface area contributed by atoms with Crippen molar-refractivity contribution in [3.05, 3.63) is 24.0 Å². The van der Waals surface area contributed by atoms with Crippen molar-refractivity contribution in [1.82, 2.24) is 4.98 Å². The van der Waals surface area contributed by atoms with Crippen LogP contribution in [0, 0.1) is 0 Å². The minimum atomic E-state index is -0.148. The van der Waals surface area contributed by atoms with Gasteiger partial charge < -0.3 is 15.2 Å². The fourth-order valence-corrected chi connectivity index (χ4v) is 1.13. The maximum Gasteiger partial charge on any atom is 0.137 e. The van der Waals surface area contributed by atoms with E-state index in [4.69, 9.17) is 15.2 Å². The Bertz CT molecular complexity index is 309. The van der Waals surface area contributed by atoms with Crippen molar-refractivity contribution in [3.8, 4) is 5.75 Å². The minimum absolute atomic E-state index is 0.148. The zero-order valence-corrected chi connectivity index (χ0v) is 10.2. The van der Waals surface area contributed by atoms with Crippen molar-refractivity contribution >= 4 is 0 Å². The van der Waals surface area contributed by atoms with E-state index < -0.39 is 0 Å². The molecule has 0 fully saturated rings. The van der Waals surface area contributed by atoms with E-state index in [9.17, 15) is 0 Å². The van der Waals surface area contributed by atoms with Gasteiger partial charge >= 0.3 is 0 Å². The van der Waals surface area contributed by atoms with Gasteiger partial charge in [-0.2, -0.15) is 0 Å². The number of hydrogen-bond acceptors (Lipinski definition) is 4. The van der Waals surface area contributed by atoms with Crippen LogP contribution in [0.4, 0.5) is 0 Å². The van der Waals surface area contributed by atoms with Crippen LogP contribution in [0.25, 0.3) is 0 Å². The molecule has 1 rings (SSSR count). The molecule has 0 radical (unpaired) electrons. The van der Waals surface area contributed by atoms with Gasteiger partial charge in [-0.05, 0) is 26.0 Å². The standard InChI is InChI=1S/C12H20N2O2/c1-12(2,15-3)6-7-16-11-5-4-10(8-13)14-9-11/h4-5,9H,6-8,13H2,1-3H3. The average Bonchev–Trinajstić information content (AvgIpc) is 2.30. The summed E-state index contributed by atoms with van der Waals surface area (Å²) in [5.74, 6) is 0.768. The molecular weight excluding hydrogens is 204 g/mol. The summed E-state index contributed by atoms with van der Waals surface area (Å²) in [6, 6.07) is 3.76. The van der Waals surface area contributed by atoms with Gasteiger partial charge in [-0.25, -0.2) is 0 Å². The predicted molar refractivity (Wildman–Crippen MR) is 63.3 cm³/mol. The Morgan fingerprint density at radius 3 is 2.62 bits per heavy atom. The van der Waals surface area contributed by atoms with E-state index in [0.29, 0.717) is 13.2 Å². The zero-order valence-electron chi connectivity index (χ0n) is 10.2. The second-order valence-corrected chi connectivity index (χ2v) is 4.25. The first-order chi connectivity index (χ1) is 7.57. The molecule has 0 saturated heterocycles. The lowest BCUT2D eigenvalue weighted by Crippen LogP contribution is -2.25. The summed E-state index contributed by atoms with van der Waals surface area (Å²) >= 11 is 0. The largest absolute Gasteiger partial charge is 0.492 e. The van der Waals surface area contributed by atoms with Crippen LogP contribution in [0.2, 0.25) is 0 Å². The maximum absolute atomic E-state index is 5.56. The van der Waals surface area contributed by atoms with Gasteiger partial charge in [0.15, 0.2) is 0 Å².